The van der Waals surface area contributed by atoms with Crippen LogP contribution in [0.3, 0.4) is 0 Å². The molecule has 0 fully saturated rings. The van der Waals surface area contributed by atoms with Gasteiger partial charge in [-0.25, -0.2) is 8.42 Å². The molecule has 0 unspecified atom stereocenters. The summed E-state index contributed by atoms with van der Waals surface area (Å²) in [6.07, 6.45) is 1.86. The molecule has 0 spiro atoms. The quantitative estimate of drug-likeness (QED) is 0.422. The number of carbonyl (C=O) groups excluding carboxylic acids is 1. The molecule has 0 aliphatic rings. The number of carbonyl (C=O) groups is 1. The highest BCUT2D eigenvalue weighted by atomic mass is 35.5. The summed E-state index contributed by atoms with van der Waals surface area (Å²) in [4.78, 5) is 12.9. The first-order valence-corrected chi connectivity index (χ1v) is 12.3. The molecule has 1 heterocycles. The molecule has 0 atom stereocenters. The van der Waals surface area contributed by atoms with Crippen LogP contribution < -0.4 is 10.0 Å². The Morgan fingerprint density at radius 3 is 2.38 bits per heavy atom. The molecule has 3 aromatic rings. The lowest BCUT2D eigenvalue weighted by Gasteiger charge is -2.13. The zero-order valence-corrected chi connectivity index (χ0v) is 20.3. The van der Waals surface area contributed by atoms with E-state index in [1.807, 2.05) is 0 Å². The third-order valence-corrected chi connectivity index (χ3v) is 7.01. The van der Waals surface area contributed by atoms with Crippen LogP contribution in [-0.2, 0) is 16.6 Å². The summed E-state index contributed by atoms with van der Waals surface area (Å²) in [6, 6.07) is 11.0. The molecule has 0 saturated heterocycles. The topological polar surface area (TPSA) is 93.1 Å². The molecular weight excluding hydrogens is 471 g/mol. The number of nitrogens with one attached hydrogen (secondary N) is 2. The van der Waals surface area contributed by atoms with Crippen molar-refractivity contribution in [3.05, 3.63) is 69.5 Å². The van der Waals surface area contributed by atoms with Gasteiger partial charge in [0.2, 0.25) is 0 Å². The van der Waals surface area contributed by atoms with Crippen LogP contribution in [0.1, 0.15) is 41.4 Å². The Bertz CT molecular complexity index is 1240. The normalized spacial score (nSPS) is 11.4. The molecule has 10 heteroatoms. The fourth-order valence-corrected chi connectivity index (χ4v) is 4.96. The van der Waals surface area contributed by atoms with E-state index in [0.29, 0.717) is 34.2 Å². The van der Waals surface area contributed by atoms with Gasteiger partial charge in [-0.15, -0.1) is 0 Å². The van der Waals surface area contributed by atoms with Crippen LogP contribution in [0, 0.1) is 13.8 Å². The van der Waals surface area contributed by atoms with Crippen LogP contribution in [0.2, 0.25) is 10.2 Å². The minimum atomic E-state index is -3.89. The summed E-state index contributed by atoms with van der Waals surface area (Å²) < 4.78 is 30.0. The standard InChI is InChI=1S/C22H24Cl2N4O3S/c1-4-5-12-28-21(24)20(15(3)26-28)22(29)25-18-9-6-14(2)19(13-18)32(30,31)27-17-10-7-16(23)8-11-17/h6-11,13,27H,4-5,12H2,1-3H3,(H,25,29). The van der Waals surface area contributed by atoms with E-state index >= 15 is 0 Å². The summed E-state index contributed by atoms with van der Waals surface area (Å²) in [5.41, 5.74) is 2.02. The molecule has 0 radical (unpaired) electrons. The average molecular weight is 495 g/mol. The maximum Gasteiger partial charge on any atom is 0.262 e. The number of sulfonamides is 1. The number of benzene rings is 2. The van der Waals surface area contributed by atoms with Crippen molar-refractivity contribution in [3.8, 4) is 0 Å². The second-order valence-corrected chi connectivity index (χ2v) is 9.82. The van der Waals surface area contributed by atoms with Crippen LogP contribution in [0.15, 0.2) is 47.4 Å². The number of amides is 1. The van der Waals surface area contributed by atoms with Crippen LogP contribution >= 0.6 is 23.2 Å². The maximum atomic E-state index is 12.9. The van der Waals surface area contributed by atoms with Crippen LogP contribution in [-0.4, -0.2) is 24.1 Å². The SMILES string of the molecule is CCCCn1nc(C)c(C(=O)Nc2ccc(C)c(S(=O)(=O)Nc3ccc(Cl)cc3)c2)c1Cl. The molecule has 170 valence electrons. The van der Waals surface area contributed by atoms with Crippen molar-refractivity contribution in [3.63, 3.8) is 0 Å². The Hall–Kier alpha value is -2.55. The van der Waals surface area contributed by atoms with Crippen LogP contribution in [0.5, 0.6) is 0 Å². The molecule has 1 amide bonds. The number of aromatic nitrogens is 2. The van der Waals surface area contributed by atoms with Crippen molar-refractivity contribution >= 4 is 50.5 Å². The van der Waals surface area contributed by atoms with Crippen molar-refractivity contribution in [2.45, 2.75) is 45.1 Å². The van der Waals surface area contributed by atoms with Gasteiger partial charge >= 0.3 is 0 Å². The highest BCUT2D eigenvalue weighted by molar-refractivity contribution is 7.92. The molecule has 0 bridgehead atoms. The summed E-state index contributed by atoms with van der Waals surface area (Å²) in [6.45, 7) is 6.07. The lowest BCUT2D eigenvalue weighted by atomic mass is 10.2. The number of halogens is 2. The van der Waals surface area contributed by atoms with Gasteiger partial charge in [-0.1, -0.05) is 42.6 Å². The largest absolute Gasteiger partial charge is 0.322 e. The van der Waals surface area contributed by atoms with E-state index in [4.69, 9.17) is 23.2 Å². The first-order valence-electron chi connectivity index (χ1n) is 10.1. The first-order chi connectivity index (χ1) is 15.1. The van der Waals surface area contributed by atoms with Gasteiger partial charge in [-0.2, -0.15) is 5.10 Å². The van der Waals surface area contributed by atoms with E-state index in [1.165, 1.54) is 6.07 Å². The Labute approximate surface area is 197 Å². The number of rotatable bonds is 8. The van der Waals surface area contributed by atoms with Crippen LogP contribution in [0.25, 0.3) is 0 Å². The number of aryl methyl sites for hydroxylation is 3. The number of anilines is 2. The minimum absolute atomic E-state index is 0.0479. The molecule has 3 rings (SSSR count). The van der Waals surface area contributed by atoms with Gasteiger partial charge in [0, 0.05) is 22.9 Å². The Balaban J connectivity index is 1.85. The molecule has 0 aliphatic carbocycles. The van der Waals surface area contributed by atoms with E-state index in [9.17, 15) is 13.2 Å². The first kappa shape index (κ1) is 24.1. The lowest BCUT2D eigenvalue weighted by Crippen LogP contribution is -2.16. The number of hydrogen-bond donors (Lipinski definition) is 2. The molecule has 2 aromatic carbocycles. The van der Waals surface area contributed by atoms with E-state index in [0.717, 1.165) is 12.8 Å². The molecule has 32 heavy (non-hydrogen) atoms. The van der Waals surface area contributed by atoms with Crippen molar-refractivity contribution in [2.75, 3.05) is 10.0 Å². The van der Waals surface area contributed by atoms with E-state index < -0.39 is 15.9 Å². The highest BCUT2D eigenvalue weighted by Gasteiger charge is 2.22. The van der Waals surface area contributed by atoms with E-state index in [2.05, 4.69) is 22.1 Å². The van der Waals surface area contributed by atoms with Gasteiger partial charge in [-0.05, 0) is 62.2 Å². The second-order valence-electron chi connectivity index (χ2n) is 7.37. The molecule has 7 nitrogen and oxygen atoms in total. The van der Waals surface area contributed by atoms with Gasteiger partial charge < -0.3 is 5.32 Å². The van der Waals surface area contributed by atoms with E-state index in [1.54, 1.807) is 54.9 Å². The second kappa shape index (κ2) is 9.94. The maximum absolute atomic E-state index is 12.9. The number of nitrogens with zero attached hydrogens (tertiary/aromatic N) is 2. The van der Waals surface area contributed by atoms with Gasteiger partial charge in [0.15, 0.2) is 0 Å². The Morgan fingerprint density at radius 2 is 1.72 bits per heavy atom. The van der Waals surface area contributed by atoms with Crippen molar-refractivity contribution in [1.82, 2.24) is 9.78 Å². The van der Waals surface area contributed by atoms with Crippen molar-refractivity contribution in [2.24, 2.45) is 0 Å². The Morgan fingerprint density at radius 1 is 1.06 bits per heavy atom. The van der Waals surface area contributed by atoms with Gasteiger partial charge in [0.05, 0.1) is 16.2 Å². The number of unbranched alkanes of at least 4 members (excludes halogenated alkanes) is 1. The predicted molar refractivity (Wildman–Crippen MR) is 128 cm³/mol. The fourth-order valence-electron chi connectivity index (χ4n) is 3.16. The minimum Gasteiger partial charge on any atom is -0.322 e. The molecular formula is C22H24Cl2N4O3S. The summed E-state index contributed by atoms with van der Waals surface area (Å²) in [5, 5.41) is 7.84. The molecule has 1 aromatic heterocycles. The summed E-state index contributed by atoms with van der Waals surface area (Å²) >= 11 is 12.2. The summed E-state index contributed by atoms with van der Waals surface area (Å²) in [7, 11) is -3.89. The summed E-state index contributed by atoms with van der Waals surface area (Å²) in [5.74, 6) is -0.451. The smallest absolute Gasteiger partial charge is 0.262 e. The number of hydrogen-bond acceptors (Lipinski definition) is 4. The Kier molecular flexibility index (Phi) is 7.48. The monoisotopic (exact) mass is 494 g/mol. The van der Waals surface area contributed by atoms with Gasteiger partial charge in [0.25, 0.3) is 15.9 Å². The van der Waals surface area contributed by atoms with Gasteiger partial charge in [0.1, 0.15) is 5.15 Å². The zero-order chi connectivity index (χ0) is 23.5. The zero-order valence-electron chi connectivity index (χ0n) is 17.9. The fraction of sp³-hybridized carbons (Fsp3) is 0.273. The van der Waals surface area contributed by atoms with E-state index in [-0.39, 0.29) is 15.6 Å². The molecule has 0 aliphatic heterocycles. The lowest BCUT2D eigenvalue weighted by molar-refractivity contribution is 0.102. The third kappa shape index (κ3) is 5.43. The van der Waals surface area contributed by atoms with Crippen LogP contribution in [0.4, 0.5) is 11.4 Å². The molecule has 0 saturated carbocycles. The molecule has 2 N–H and O–H groups in total. The predicted octanol–water partition coefficient (Wildman–Crippen LogP) is 5.66. The van der Waals surface area contributed by atoms with Crippen molar-refractivity contribution < 1.29 is 13.2 Å². The van der Waals surface area contributed by atoms with Gasteiger partial charge in [-0.3, -0.25) is 14.2 Å². The highest BCUT2D eigenvalue weighted by Crippen LogP contribution is 2.26. The average Bonchev–Trinajstić information content (AvgIpc) is 3.02. The van der Waals surface area contributed by atoms with Crippen molar-refractivity contribution in [1.29, 1.82) is 0 Å². The third-order valence-electron chi connectivity index (χ3n) is 4.85.